The van der Waals surface area contributed by atoms with Gasteiger partial charge in [-0.05, 0) is 79.4 Å². The van der Waals surface area contributed by atoms with Crippen LogP contribution in [0.3, 0.4) is 0 Å². The molecular weight excluding hydrogens is 671 g/mol. The Morgan fingerprint density at radius 1 is 0.712 bits per heavy atom. The van der Waals surface area contributed by atoms with Crippen LogP contribution >= 0.6 is 0 Å². The van der Waals surface area contributed by atoms with Crippen LogP contribution in [0.15, 0.2) is 144 Å². The van der Waals surface area contributed by atoms with Crippen molar-refractivity contribution in [3.63, 3.8) is 0 Å². The molecular formula is C43H45N3O5S. The maximum absolute atomic E-state index is 14.8. The molecule has 6 rings (SSSR count). The molecule has 5 aromatic rings. The van der Waals surface area contributed by atoms with Crippen LogP contribution in [0.2, 0.25) is 0 Å². The predicted octanol–water partition coefficient (Wildman–Crippen LogP) is 8.07. The highest BCUT2D eigenvalue weighted by atomic mass is 32.2. The molecule has 0 spiro atoms. The maximum atomic E-state index is 14.8. The van der Waals surface area contributed by atoms with E-state index in [2.05, 4.69) is 5.32 Å². The van der Waals surface area contributed by atoms with Crippen molar-refractivity contribution in [3.8, 4) is 11.5 Å². The number of carbonyl (C=O) groups excluding carboxylic acids is 2. The summed E-state index contributed by atoms with van der Waals surface area (Å²) in [4.78, 5) is 30.7. The molecule has 1 atom stereocenters. The molecule has 52 heavy (non-hydrogen) atoms. The van der Waals surface area contributed by atoms with E-state index in [-0.39, 0.29) is 29.8 Å². The Morgan fingerprint density at radius 3 is 1.88 bits per heavy atom. The molecule has 2 amide bonds. The Morgan fingerprint density at radius 2 is 1.27 bits per heavy atom. The molecule has 1 fully saturated rings. The molecule has 1 aliphatic carbocycles. The van der Waals surface area contributed by atoms with E-state index in [1.165, 1.54) is 0 Å². The fourth-order valence-corrected chi connectivity index (χ4v) is 7.96. The minimum Gasteiger partial charge on any atom is -0.457 e. The van der Waals surface area contributed by atoms with Gasteiger partial charge in [-0.25, -0.2) is 8.42 Å². The molecule has 0 unspecified atom stereocenters. The summed E-state index contributed by atoms with van der Waals surface area (Å²) in [6.07, 6.45) is 5.28. The number of amides is 2. The lowest BCUT2D eigenvalue weighted by Gasteiger charge is -2.35. The van der Waals surface area contributed by atoms with Crippen molar-refractivity contribution in [2.75, 3.05) is 10.8 Å². The van der Waals surface area contributed by atoms with Crippen molar-refractivity contribution in [3.05, 3.63) is 156 Å². The molecule has 9 heteroatoms. The molecule has 0 bridgehead atoms. The first-order valence-electron chi connectivity index (χ1n) is 17.9. The average Bonchev–Trinajstić information content (AvgIpc) is 3.17. The molecule has 0 aromatic heterocycles. The summed E-state index contributed by atoms with van der Waals surface area (Å²) in [5, 5.41) is 3.25. The van der Waals surface area contributed by atoms with Gasteiger partial charge in [0, 0.05) is 19.0 Å². The molecule has 268 valence electrons. The number of sulfonamides is 1. The summed E-state index contributed by atoms with van der Waals surface area (Å²) in [7, 11) is -4.23. The third kappa shape index (κ3) is 9.47. The number of benzene rings is 5. The molecule has 0 aliphatic heterocycles. The molecule has 5 aromatic carbocycles. The zero-order valence-corrected chi connectivity index (χ0v) is 30.3. The third-order valence-corrected chi connectivity index (χ3v) is 11.2. The summed E-state index contributed by atoms with van der Waals surface area (Å²) >= 11 is 0. The van der Waals surface area contributed by atoms with Gasteiger partial charge in [0.25, 0.3) is 10.0 Å². The quantitative estimate of drug-likeness (QED) is 0.126. The van der Waals surface area contributed by atoms with Crippen LogP contribution in [-0.4, -0.2) is 43.8 Å². The minimum absolute atomic E-state index is 0.0308. The first-order chi connectivity index (χ1) is 25.3. The molecule has 1 N–H and O–H groups in total. The Hall–Kier alpha value is -5.41. The standard InChI is InChI=1S/C43H45N3O5S/c1-33-22-28-40(29-23-33)52(49,50)46(37-24-26-39(27-25-37)51-38-20-12-5-13-21-38)32-42(47)45(31-35-16-8-3-9-17-35)41(30-34-14-6-2-7-15-34)43(48)44-36-18-10-4-11-19-36/h2-3,5-9,12-17,20-29,36,41H,4,10-11,18-19,30-32H2,1H3,(H,44,48)/t41-/m0/s1. The van der Waals surface area contributed by atoms with E-state index < -0.39 is 28.5 Å². The van der Waals surface area contributed by atoms with Crippen molar-refractivity contribution < 1.29 is 22.7 Å². The number of hydrogen-bond donors (Lipinski definition) is 1. The lowest BCUT2D eigenvalue weighted by Crippen LogP contribution is -2.55. The van der Waals surface area contributed by atoms with Gasteiger partial charge in [0.2, 0.25) is 11.8 Å². The Bertz CT molecular complexity index is 2000. The minimum atomic E-state index is -4.23. The number of nitrogens with one attached hydrogen (secondary N) is 1. The van der Waals surface area contributed by atoms with Crippen molar-refractivity contribution in [1.82, 2.24) is 10.2 Å². The molecule has 0 heterocycles. The summed E-state index contributed by atoms with van der Waals surface area (Å²) < 4.78 is 36.0. The zero-order valence-electron chi connectivity index (χ0n) is 29.4. The van der Waals surface area contributed by atoms with Crippen LogP contribution in [0.5, 0.6) is 11.5 Å². The number of para-hydroxylation sites is 1. The van der Waals surface area contributed by atoms with E-state index in [0.717, 1.165) is 53.1 Å². The second-order valence-corrected chi connectivity index (χ2v) is 15.2. The fourth-order valence-electron chi connectivity index (χ4n) is 6.55. The second-order valence-electron chi connectivity index (χ2n) is 13.3. The van der Waals surface area contributed by atoms with E-state index >= 15 is 0 Å². The van der Waals surface area contributed by atoms with Crippen molar-refractivity contribution >= 4 is 27.5 Å². The van der Waals surface area contributed by atoms with E-state index in [9.17, 15) is 18.0 Å². The third-order valence-electron chi connectivity index (χ3n) is 9.41. The fraction of sp³-hybridized carbons (Fsp3) is 0.256. The number of aryl methyl sites for hydroxylation is 1. The summed E-state index contributed by atoms with van der Waals surface area (Å²) in [6.45, 7) is 1.48. The van der Waals surface area contributed by atoms with Crippen LogP contribution in [0, 0.1) is 6.92 Å². The van der Waals surface area contributed by atoms with Gasteiger partial charge < -0.3 is 15.0 Å². The highest BCUT2D eigenvalue weighted by molar-refractivity contribution is 7.92. The van der Waals surface area contributed by atoms with E-state index in [1.54, 1.807) is 53.4 Å². The largest absolute Gasteiger partial charge is 0.457 e. The van der Waals surface area contributed by atoms with Crippen LogP contribution < -0.4 is 14.4 Å². The van der Waals surface area contributed by atoms with Gasteiger partial charge in [-0.1, -0.05) is 116 Å². The molecule has 1 saturated carbocycles. The highest BCUT2D eigenvalue weighted by Crippen LogP contribution is 2.29. The number of ether oxygens (including phenoxy) is 1. The van der Waals surface area contributed by atoms with Gasteiger partial charge in [0.15, 0.2) is 0 Å². The average molecular weight is 716 g/mol. The molecule has 0 radical (unpaired) electrons. The molecule has 0 saturated heterocycles. The Balaban J connectivity index is 1.37. The summed E-state index contributed by atoms with van der Waals surface area (Å²) in [5.74, 6) is 0.420. The van der Waals surface area contributed by atoms with Crippen molar-refractivity contribution in [2.45, 2.75) is 69.0 Å². The first-order valence-corrected chi connectivity index (χ1v) is 19.3. The zero-order chi connectivity index (χ0) is 36.3. The lowest BCUT2D eigenvalue weighted by molar-refractivity contribution is -0.140. The predicted molar refractivity (Wildman–Crippen MR) is 205 cm³/mol. The number of carbonyl (C=O) groups is 2. The number of nitrogens with zero attached hydrogens (tertiary/aromatic N) is 2. The van der Waals surface area contributed by atoms with Crippen molar-refractivity contribution in [1.29, 1.82) is 0 Å². The van der Waals surface area contributed by atoms with Crippen LogP contribution in [0.25, 0.3) is 0 Å². The lowest BCUT2D eigenvalue weighted by atomic mass is 9.94. The number of hydrogen-bond acceptors (Lipinski definition) is 5. The molecule has 8 nitrogen and oxygen atoms in total. The smallest absolute Gasteiger partial charge is 0.264 e. The normalized spacial score (nSPS) is 13.9. The van der Waals surface area contributed by atoms with Crippen LogP contribution in [0.1, 0.15) is 48.8 Å². The number of rotatable bonds is 14. The Labute approximate surface area is 307 Å². The second kappa shape index (κ2) is 17.2. The van der Waals surface area contributed by atoms with Gasteiger partial charge in [0.1, 0.15) is 24.1 Å². The van der Waals surface area contributed by atoms with Gasteiger partial charge in [0.05, 0.1) is 10.6 Å². The van der Waals surface area contributed by atoms with Gasteiger partial charge in [-0.3, -0.25) is 13.9 Å². The van der Waals surface area contributed by atoms with E-state index in [4.69, 9.17) is 4.74 Å². The van der Waals surface area contributed by atoms with Crippen LogP contribution in [0.4, 0.5) is 5.69 Å². The van der Waals surface area contributed by atoms with Gasteiger partial charge >= 0.3 is 0 Å². The first kappa shape index (κ1) is 36.4. The Kier molecular flexibility index (Phi) is 12.0. The SMILES string of the molecule is Cc1ccc(S(=O)(=O)N(CC(=O)N(Cc2ccccc2)[C@@H](Cc2ccccc2)C(=O)NC2CCCCC2)c2ccc(Oc3ccccc3)cc2)cc1. The van der Waals surface area contributed by atoms with Crippen molar-refractivity contribution in [2.24, 2.45) is 0 Å². The number of anilines is 1. The monoisotopic (exact) mass is 715 g/mol. The molecule has 1 aliphatic rings. The van der Waals surface area contributed by atoms with Gasteiger partial charge in [-0.15, -0.1) is 0 Å². The van der Waals surface area contributed by atoms with E-state index in [0.29, 0.717) is 17.2 Å². The van der Waals surface area contributed by atoms with Crippen LogP contribution in [-0.2, 0) is 32.6 Å². The highest BCUT2D eigenvalue weighted by Gasteiger charge is 2.35. The summed E-state index contributed by atoms with van der Waals surface area (Å²) in [6, 6.07) is 40.8. The maximum Gasteiger partial charge on any atom is 0.264 e. The summed E-state index contributed by atoms with van der Waals surface area (Å²) in [5.41, 5.74) is 2.93. The topological polar surface area (TPSA) is 96.0 Å². The van der Waals surface area contributed by atoms with E-state index in [1.807, 2.05) is 97.9 Å². The van der Waals surface area contributed by atoms with Gasteiger partial charge in [-0.2, -0.15) is 0 Å².